The van der Waals surface area contributed by atoms with Gasteiger partial charge in [0.05, 0.1) is 11.3 Å². The van der Waals surface area contributed by atoms with E-state index in [0.717, 1.165) is 48.3 Å². The van der Waals surface area contributed by atoms with Crippen LogP contribution in [0.15, 0.2) is 54.6 Å². The van der Waals surface area contributed by atoms with Gasteiger partial charge in [-0.1, -0.05) is 29.9 Å². The zero-order valence-electron chi connectivity index (χ0n) is 14.4. The van der Waals surface area contributed by atoms with Gasteiger partial charge in [-0.3, -0.25) is 0 Å². The number of benzene rings is 2. The van der Waals surface area contributed by atoms with Gasteiger partial charge < -0.3 is 0 Å². The third-order valence-corrected chi connectivity index (χ3v) is 5.46. The minimum atomic E-state index is -4.42. The van der Waals surface area contributed by atoms with E-state index < -0.39 is 11.7 Å². The molecule has 0 saturated carbocycles. The van der Waals surface area contributed by atoms with Crippen LogP contribution in [0.2, 0.25) is 0 Å². The van der Waals surface area contributed by atoms with Gasteiger partial charge in [-0.2, -0.15) is 18.3 Å². The first-order valence-electron chi connectivity index (χ1n) is 8.93. The summed E-state index contributed by atoms with van der Waals surface area (Å²) in [7, 11) is 0. The average Bonchev–Trinajstić information content (AvgIpc) is 3.20. The molecular formula is C21H16F3N3. The molecule has 0 atom stereocenters. The number of halogens is 3. The lowest BCUT2D eigenvalue weighted by Crippen LogP contribution is -2.10. The first kappa shape index (κ1) is 16.3. The molecule has 0 fully saturated rings. The molecule has 0 bridgehead atoms. The molecule has 2 aliphatic carbocycles. The topological polar surface area (TPSA) is 30.7 Å². The van der Waals surface area contributed by atoms with Crippen molar-refractivity contribution in [1.29, 1.82) is 0 Å². The van der Waals surface area contributed by atoms with Crippen LogP contribution in [0.3, 0.4) is 0 Å². The lowest BCUT2D eigenvalue weighted by molar-refractivity contribution is -0.137. The molecule has 0 saturated heterocycles. The average molecular weight is 367 g/mol. The Kier molecular flexibility index (Phi) is 3.50. The highest BCUT2D eigenvalue weighted by Crippen LogP contribution is 2.42. The molecule has 2 aliphatic rings. The largest absolute Gasteiger partial charge is 0.416 e. The first-order chi connectivity index (χ1) is 13.0. The van der Waals surface area contributed by atoms with E-state index in [1.54, 1.807) is 0 Å². The van der Waals surface area contributed by atoms with Crippen molar-refractivity contribution >= 4 is 16.3 Å². The van der Waals surface area contributed by atoms with Crippen molar-refractivity contribution in [2.45, 2.75) is 31.9 Å². The summed E-state index contributed by atoms with van der Waals surface area (Å²) in [4.78, 5) is 3.89. The van der Waals surface area contributed by atoms with Gasteiger partial charge in [0.25, 0.3) is 0 Å². The fraction of sp³-hybridized carbons (Fsp3) is 0.238. The Morgan fingerprint density at radius 3 is 2.67 bits per heavy atom. The maximum atomic E-state index is 13.6. The van der Waals surface area contributed by atoms with Crippen LogP contribution in [0.4, 0.5) is 13.2 Å². The summed E-state index contributed by atoms with van der Waals surface area (Å²) in [6.07, 6.45) is 6.34. The van der Waals surface area contributed by atoms with Gasteiger partial charge in [0.2, 0.25) is 0 Å². The number of rotatable bonds is 1. The molecule has 0 spiro atoms. The van der Waals surface area contributed by atoms with E-state index in [2.05, 4.69) is 22.2 Å². The summed E-state index contributed by atoms with van der Waals surface area (Å²) in [5.41, 5.74) is 4.39. The van der Waals surface area contributed by atoms with Crippen molar-refractivity contribution < 1.29 is 13.2 Å². The van der Waals surface area contributed by atoms with E-state index in [9.17, 15) is 13.2 Å². The minimum absolute atomic E-state index is 0.402. The summed E-state index contributed by atoms with van der Waals surface area (Å²) >= 11 is 0. The third kappa shape index (κ3) is 2.59. The van der Waals surface area contributed by atoms with Crippen LogP contribution in [-0.2, 0) is 12.6 Å². The Hall–Kier alpha value is -2.89. The number of allylic oxidation sites excluding steroid dienone is 4. The Labute approximate surface area is 153 Å². The van der Waals surface area contributed by atoms with Crippen molar-refractivity contribution in [3.8, 4) is 5.69 Å². The quantitative estimate of drug-likeness (QED) is 0.569. The smallest absolute Gasteiger partial charge is 0.223 e. The van der Waals surface area contributed by atoms with Crippen LogP contribution < -0.4 is 0 Å². The highest BCUT2D eigenvalue weighted by atomic mass is 19.4. The molecule has 5 rings (SSSR count). The Bertz CT molecular complexity index is 1110. The maximum Gasteiger partial charge on any atom is 0.416 e. The normalized spacial score (nSPS) is 16.6. The van der Waals surface area contributed by atoms with Gasteiger partial charge in [-0.15, -0.1) is 0 Å². The Balaban J connectivity index is 1.83. The lowest BCUT2D eigenvalue weighted by atomic mass is 9.79. The molecule has 3 aromatic rings. The van der Waals surface area contributed by atoms with Crippen molar-refractivity contribution in [3.63, 3.8) is 0 Å². The summed E-state index contributed by atoms with van der Waals surface area (Å²) in [6.45, 7) is 0. The van der Waals surface area contributed by atoms with Crippen LogP contribution in [0.25, 0.3) is 22.0 Å². The minimum Gasteiger partial charge on any atom is -0.223 e. The zero-order chi connectivity index (χ0) is 18.6. The molecule has 3 nitrogen and oxygen atoms in total. The van der Waals surface area contributed by atoms with Crippen LogP contribution in [0.1, 0.15) is 36.0 Å². The molecule has 0 unspecified atom stereocenters. The molecule has 0 radical (unpaired) electrons. The number of nitrogens with zero attached hydrogens (tertiary/aromatic N) is 3. The third-order valence-electron chi connectivity index (χ3n) is 5.46. The van der Waals surface area contributed by atoms with E-state index in [0.29, 0.717) is 11.1 Å². The fourth-order valence-corrected chi connectivity index (χ4v) is 4.21. The SMILES string of the molecule is FC(F)(F)c1cc(-n2cncn2)c2ccc3c(c2c1)CCC1=C3C=CCC1. The van der Waals surface area contributed by atoms with Crippen molar-refractivity contribution in [2.24, 2.45) is 0 Å². The van der Waals surface area contributed by atoms with E-state index in [1.807, 2.05) is 12.1 Å². The molecule has 0 aliphatic heterocycles. The highest BCUT2D eigenvalue weighted by Gasteiger charge is 2.32. The maximum absolute atomic E-state index is 13.6. The molecule has 0 amide bonds. The van der Waals surface area contributed by atoms with E-state index >= 15 is 0 Å². The number of hydrogen-bond donors (Lipinski definition) is 0. The van der Waals surface area contributed by atoms with Gasteiger partial charge in [0.15, 0.2) is 0 Å². The van der Waals surface area contributed by atoms with Gasteiger partial charge in [0.1, 0.15) is 12.7 Å². The predicted molar refractivity (Wildman–Crippen MR) is 97.5 cm³/mol. The van der Waals surface area contributed by atoms with E-state index in [1.165, 1.54) is 34.5 Å². The van der Waals surface area contributed by atoms with Crippen LogP contribution >= 0.6 is 0 Å². The number of hydrogen-bond acceptors (Lipinski definition) is 2. The molecule has 1 heterocycles. The zero-order valence-corrected chi connectivity index (χ0v) is 14.4. The standard InChI is InChI=1S/C21H16F3N3/c22-21(23,24)14-9-19-17-6-5-13-3-1-2-4-15(13)16(17)7-8-18(19)20(10-14)27-12-25-11-26-27/h2,4,7-12H,1,3,5-6H2. The fourth-order valence-electron chi connectivity index (χ4n) is 4.21. The van der Waals surface area contributed by atoms with Crippen LogP contribution in [0.5, 0.6) is 0 Å². The predicted octanol–water partition coefficient (Wildman–Crippen LogP) is 5.49. The van der Waals surface area contributed by atoms with Crippen molar-refractivity contribution in [2.75, 3.05) is 0 Å². The molecule has 2 aromatic carbocycles. The number of aromatic nitrogens is 3. The number of fused-ring (bicyclic) bond motifs is 4. The van der Waals surface area contributed by atoms with Gasteiger partial charge in [-0.25, -0.2) is 9.67 Å². The number of alkyl halides is 3. The van der Waals surface area contributed by atoms with Gasteiger partial charge >= 0.3 is 6.18 Å². The molecular weight excluding hydrogens is 351 g/mol. The highest BCUT2D eigenvalue weighted by molar-refractivity contribution is 5.98. The van der Waals surface area contributed by atoms with Gasteiger partial charge in [0, 0.05) is 5.39 Å². The summed E-state index contributed by atoms with van der Waals surface area (Å²) in [5.74, 6) is 0. The van der Waals surface area contributed by atoms with Crippen LogP contribution in [0, 0.1) is 0 Å². The number of aryl methyl sites for hydroxylation is 1. The summed E-state index contributed by atoms with van der Waals surface area (Å²) < 4.78 is 42.1. The molecule has 136 valence electrons. The van der Waals surface area contributed by atoms with E-state index in [-0.39, 0.29) is 0 Å². The first-order valence-corrected chi connectivity index (χ1v) is 8.93. The van der Waals surface area contributed by atoms with Crippen molar-refractivity contribution in [1.82, 2.24) is 14.8 Å². The molecule has 27 heavy (non-hydrogen) atoms. The summed E-state index contributed by atoms with van der Waals surface area (Å²) in [5, 5.41) is 5.47. The summed E-state index contributed by atoms with van der Waals surface area (Å²) in [6, 6.07) is 6.38. The second-order valence-electron chi connectivity index (χ2n) is 6.98. The lowest BCUT2D eigenvalue weighted by Gasteiger charge is -2.26. The molecule has 6 heteroatoms. The Morgan fingerprint density at radius 1 is 1.00 bits per heavy atom. The Morgan fingerprint density at radius 2 is 1.89 bits per heavy atom. The van der Waals surface area contributed by atoms with E-state index in [4.69, 9.17) is 0 Å². The molecule has 0 N–H and O–H groups in total. The monoisotopic (exact) mass is 367 g/mol. The second kappa shape index (κ2) is 5.81. The van der Waals surface area contributed by atoms with Gasteiger partial charge in [-0.05, 0) is 59.9 Å². The van der Waals surface area contributed by atoms with Crippen LogP contribution in [-0.4, -0.2) is 14.8 Å². The van der Waals surface area contributed by atoms with Crippen molar-refractivity contribution in [3.05, 3.63) is 71.3 Å². The second-order valence-corrected chi connectivity index (χ2v) is 6.98. The molecule has 1 aromatic heterocycles.